The summed E-state index contributed by atoms with van der Waals surface area (Å²) in [5, 5.41) is 0. The number of carbonyl (C=O) groups excluding carboxylic acids is 1. The van der Waals surface area contributed by atoms with Crippen molar-refractivity contribution in [2.75, 3.05) is 0 Å². The molecule has 1 unspecified atom stereocenters. The van der Waals surface area contributed by atoms with Gasteiger partial charge in [-0.15, -0.1) is 0 Å². The van der Waals surface area contributed by atoms with E-state index in [1.807, 2.05) is 6.92 Å². The largest absolute Gasteiger partial charge is 0.428 e. The molecule has 0 fully saturated rings. The van der Waals surface area contributed by atoms with Crippen LogP contribution in [0.4, 0.5) is 0 Å². The van der Waals surface area contributed by atoms with Gasteiger partial charge in [0.2, 0.25) is 0 Å². The molecule has 0 saturated carbocycles. The Morgan fingerprint density at radius 2 is 2.21 bits per heavy atom. The molecule has 1 aliphatic carbocycles. The number of hydrogen-bond acceptors (Lipinski definition) is 2. The number of ether oxygens (including phenoxy) is 1. The van der Waals surface area contributed by atoms with Crippen molar-refractivity contribution in [3.8, 4) is 0 Å². The molecule has 1 atom stereocenters. The van der Waals surface area contributed by atoms with Crippen LogP contribution in [0.5, 0.6) is 0 Å². The Balaban J connectivity index is 2.75. The maximum atomic E-state index is 11.3. The molecular weight excluding hydrogens is 176 g/mol. The molecule has 0 spiro atoms. The predicted octanol–water partition coefficient (Wildman–Crippen LogP) is 3.20. The van der Waals surface area contributed by atoms with Crippen molar-refractivity contribution >= 4 is 5.97 Å². The van der Waals surface area contributed by atoms with Gasteiger partial charge in [-0.1, -0.05) is 13.5 Å². The predicted molar refractivity (Wildman–Crippen MR) is 56.6 cm³/mol. The van der Waals surface area contributed by atoms with Gasteiger partial charge in [-0.05, 0) is 38.7 Å². The Morgan fingerprint density at radius 3 is 2.71 bits per heavy atom. The van der Waals surface area contributed by atoms with Crippen LogP contribution in [0.2, 0.25) is 0 Å². The summed E-state index contributed by atoms with van der Waals surface area (Å²) in [6.07, 6.45) is 3.35. The molecule has 78 valence electrons. The maximum absolute atomic E-state index is 11.3. The lowest BCUT2D eigenvalue weighted by Gasteiger charge is -2.23. The highest BCUT2D eigenvalue weighted by atomic mass is 16.5. The smallest absolute Gasteiger partial charge is 0.338 e. The van der Waals surface area contributed by atoms with Gasteiger partial charge in [0.1, 0.15) is 5.76 Å². The Labute approximate surface area is 85.6 Å². The van der Waals surface area contributed by atoms with Crippen molar-refractivity contribution in [1.82, 2.24) is 0 Å². The molecule has 0 radical (unpaired) electrons. The van der Waals surface area contributed by atoms with Crippen molar-refractivity contribution in [3.05, 3.63) is 23.5 Å². The van der Waals surface area contributed by atoms with Crippen LogP contribution < -0.4 is 0 Å². The van der Waals surface area contributed by atoms with Gasteiger partial charge in [-0.25, -0.2) is 4.79 Å². The molecule has 1 rings (SSSR count). The van der Waals surface area contributed by atoms with Crippen LogP contribution >= 0.6 is 0 Å². The van der Waals surface area contributed by atoms with Gasteiger partial charge in [0, 0.05) is 11.5 Å². The summed E-state index contributed by atoms with van der Waals surface area (Å²) in [6.45, 7) is 9.39. The molecule has 0 bridgehead atoms. The first-order chi connectivity index (χ1) is 6.52. The second-order valence-electron chi connectivity index (χ2n) is 4.11. The zero-order valence-electron chi connectivity index (χ0n) is 9.22. The first-order valence-electron chi connectivity index (χ1n) is 5.09. The molecule has 0 heterocycles. The highest BCUT2D eigenvalue weighted by Gasteiger charge is 2.21. The average molecular weight is 194 g/mol. The van der Waals surface area contributed by atoms with E-state index in [1.54, 1.807) is 6.92 Å². The maximum Gasteiger partial charge on any atom is 0.338 e. The highest BCUT2D eigenvalue weighted by Crippen LogP contribution is 2.30. The minimum Gasteiger partial charge on any atom is -0.428 e. The van der Waals surface area contributed by atoms with Crippen molar-refractivity contribution in [2.45, 2.75) is 40.0 Å². The molecular formula is C12H18O2. The van der Waals surface area contributed by atoms with Crippen molar-refractivity contribution in [2.24, 2.45) is 5.92 Å². The fraction of sp³-hybridized carbons (Fsp3) is 0.583. The summed E-state index contributed by atoms with van der Waals surface area (Å²) in [5.41, 5.74) is 1.67. The van der Waals surface area contributed by atoms with Gasteiger partial charge < -0.3 is 4.74 Å². The van der Waals surface area contributed by atoms with Crippen LogP contribution in [0.3, 0.4) is 0 Å². The van der Waals surface area contributed by atoms with E-state index in [4.69, 9.17) is 4.74 Å². The topological polar surface area (TPSA) is 26.3 Å². The molecule has 0 amide bonds. The molecule has 0 aromatic heterocycles. The van der Waals surface area contributed by atoms with Crippen LogP contribution in [0.25, 0.3) is 0 Å². The summed E-state index contributed by atoms with van der Waals surface area (Å²) in [5.74, 6) is 0.935. The monoisotopic (exact) mass is 194 g/mol. The summed E-state index contributed by atoms with van der Waals surface area (Å²) in [6, 6.07) is 0. The van der Waals surface area contributed by atoms with E-state index in [-0.39, 0.29) is 5.97 Å². The van der Waals surface area contributed by atoms with Crippen molar-refractivity contribution < 1.29 is 9.53 Å². The third-order valence-electron chi connectivity index (χ3n) is 2.61. The third-order valence-corrected chi connectivity index (χ3v) is 2.61. The lowest BCUT2D eigenvalue weighted by atomic mass is 9.90. The molecule has 0 saturated heterocycles. The first-order valence-corrected chi connectivity index (χ1v) is 5.09. The molecule has 0 aromatic rings. The summed E-state index contributed by atoms with van der Waals surface area (Å²) >= 11 is 0. The van der Waals surface area contributed by atoms with E-state index in [0.29, 0.717) is 11.5 Å². The van der Waals surface area contributed by atoms with E-state index < -0.39 is 0 Å². The zero-order chi connectivity index (χ0) is 10.7. The number of allylic oxidation sites excluding steroid dienone is 2. The van der Waals surface area contributed by atoms with Gasteiger partial charge in [0.05, 0.1) is 0 Å². The lowest BCUT2D eigenvalue weighted by molar-refractivity contribution is -0.136. The van der Waals surface area contributed by atoms with Crippen molar-refractivity contribution in [3.63, 3.8) is 0 Å². The van der Waals surface area contributed by atoms with Crippen LogP contribution in [0, 0.1) is 5.92 Å². The van der Waals surface area contributed by atoms with E-state index >= 15 is 0 Å². The third kappa shape index (κ3) is 2.47. The zero-order valence-corrected chi connectivity index (χ0v) is 9.22. The summed E-state index contributed by atoms with van der Waals surface area (Å²) in [4.78, 5) is 11.3. The number of carbonyl (C=O) groups is 1. The summed E-state index contributed by atoms with van der Waals surface area (Å²) in [7, 11) is 0. The number of hydrogen-bond donors (Lipinski definition) is 0. The van der Waals surface area contributed by atoms with E-state index in [2.05, 4.69) is 13.5 Å². The van der Waals surface area contributed by atoms with Crippen LogP contribution in [0.1, 0.15) is 40.0 Å². The van der Waals surface area contributed by atoms with Gasteiger partial charge in [-0.2, -0.15) is 0 Å². The van der Waals surface area contributed by atoms with Crippen molar-refractivity contribution in [1.29, 1.82) is 0 Å². The lowest BCUT2D eigenvalue weighted by Crippen LogP contribution is -2.15. The Kier molecular flexibility index (Phi) is 3.50. The molecule has 14 heavy (non-hydrogen) atoms. The van der Waals surface area contributed by atoms with Gasteiger partial charge in [-0.3, -0.25) is 0 Å². The number of rotatable bonds is 2. The average Bonchev–Trinajstić information content (AvgIpc) is 2.11. The van der Waals surface area contributed by atoms with Crippen LogP contribution in [0.15, 0.2) is 23.5 Å². The molecule has 2 nitrogen and oxygen atoms in total. The Hall–Kier alpha value is -1.05. The van der Waals surface area contributed by atoms with Crippen LogP contribution in [-0.2, 0) is 9.53 Å². The normalized spacial score (nSPS) is 22.1. The highest BCUT2D eigenvalue weighted by molar-refractivity contribution is 5.87. The van der Waals surface area contributed by atoms with Gasteiger partial charge >= 0.3 is 5.97 Å². The fourth-order valence-electron chi connectivity index (χ4n) is 1.72. The first kappa shape index (κ1) is 11.0. The standard InChI is InChI=1S/C12H18O2/c1-8(2)12(13)14-11-9(3)6-5-7-10(11)4/h9H,1,5-7H2,2-4H3. The van der Waals surface area contributed by atoms with Gasteiger partial charge in [0.25, 0.3) is 0 Å². The minimum absolute atomic E-state index is 0.298. The second kappa shape index (κ2) is 4.45. The minimum atomic E-state index is -0.298. The summed E-state index contributed by atoms with van der Waals surface area (Å²) < 4.78 is 5.32. The Bertz CT molecular complexity index is 287. The van der Waals surface area contributed by atoms with E-state index in [0.717, 1.165) is 18.6 Å². The van der Waals surface area contributed by atoms with Crippen LogP contribution in [-0.4, -0.2) is 5.97 Å². The molecule has 1 aliphatic rings. The van der Waals surface area contributed by atoms with E-state index in [1.165, 1.54) is 12.0 Å². The number of esters is 1. The molecule has 2 heteroatoms. The molecule has 0 aromatic carbocycles. The quantitative estimate of drug-likeness (QED) is 0.498. The SMILES string of the molecule is C=C(C)C(=O)OC1=C(C)CCCC1C. The molecule has 0 aliphatic heterocycles. The molecule has 0 N–H and O–H groups in total. The fourth-order valence-corrected chi connectivity index (χ4v) is 1.72. The van der Waals surface area contributed by atoms with Gasteiger partial charge in [0.15, 0.2) is 0 Å². The Morgan fingerprint density at radius 1 is 1.57 bits per heavy atom. The van der Waals surface area contributed by atoms with E-state index in [9.17, 15) is 4.79 Å². The second-order valence-corrected chi connectivity index (χ2v) is 4.11.